The first kappa shape index (κ1) is 8.25. The molecule has 0 radical (unpaired) electrons. The molecule has 1 rings (SSSR count). The summed E-state index contributed by atoms with van der Waals surface area (Å²) < 4.78 is 6.28. The summed E-state index contributed by atoms with van der Waals surface area (Å²) in [6.07, 6.45) is 3.09. The van der Waals surface area contributed by atoms with Gasteiger partial charge in [0.1, 0.15) is 12.5 Å². The minimum absolute atomic E-state index is 0.187. The lowest BCUT2D eigenvalue weighted by atomic mass is 9.91. The van der Waals surface area contributed by atoms with E-state index < -0.39 is 7.12 Å². The number of methoxy groups -OCH3 is 1. The van der Waals surface area contributed by atoms with Crippen LogP contribution < -0.4 is 5.72 Å². The van der Waals surface area contributed by atoms with Crippen LogP contribution in [0.15, 0.2) is 12.4 Å². The van der Waals surface area contributed by atoms with Crippen molar-refractivity contribution < 1.29 is 14.8 Å². The minimum atomic E-state index is -1.54. The van der Waals surface area contributed by atoms with Gasteiger partial charge in [0.05, 0.1) is 0 Å². The van der Waals surface area contributed by atoms with Crippen LogP contribution in [0.3, 0.4) is 0 Å². The molecule has 0 aliphatic heterocycles. The molecule has 0 saturated carbocycles. The minimum Gasteiger partial charge on any atom is -0.421 e. The van der Waals surface area contributed by atoms with Gasteiger partial charge in [0.25, 0.3) is 0 Å². The monoisotopic (exact) mass is 156 g/mol. The Kier molecular flexibility index (Phi) is 2.64. The molecule has 0 atom stereocenters. The Morgan fingerprint density at radius 2 is 2.45 bits per heavy atom. The van der Waals surface area contributed by atoms with Gasteiger partial charge in [-0.15, -0.1) is 0 Å². The topological polar surface area (TPSA) is 67.5 Å². The number of rotatable bonds is 3. The number of aromatic nitrogens is 2. The second kappa shape index (κ2) is 3.52. The van der Waals surface area contributed by atoms with Crippen LogP contribution in [0.4, 0.5) is 0 Å². The highest BCUT2D eigenvalue weighted by Crippen LogP contribution is 1.84. The Bertz CT molecular complexity index is 225. The third-order valence-electron chi connectivity index (χ3n) is 1.25. The maximum atomic E-state index is 8.74. The number of imidazole rings is 1. The Hall–Kier alpha value is -0.845. The van der Waals surface area contributed by atoms with Gasteiger partial charge in [0.15, 0.2) is 0 Å². The second-order valence-corrected chi connectivity index (χ2v) is 2.05. The molecule has 0 aliphatic rings. The van der Waals surface area contributed by atoms with Gasteiger partial charge in [-0.05, 0) is 0 Å². The van der Waals surface area contributed by atoms with Gasteiger partial charge in [-0.3, -0.25) is 0 Å². The average Bonchev–Trinajstić information content (AvgIpc) is 2.36. The van der Waals surface area contributed by atoms with E-state index in [0.29, 0.717) is 0 Å². The van der Waals surface area contributed by atoms with Crippen LogP contribution in [0.2, 0.25) is 0 Å². The SMILES string of the molecule is COCn1ccnc1B(O)O. The van der Waals surface area contributed by atoms with Crippen molar-refractivity contribution in [1.29, 1.82) is 0 Å². The lowest BCUT2D eigenvalue weighted by Crippen LogP contribution is -2.38. The Balaban J connectivity index is 2.78. The third-order valence-corrected chi connectivity index (χ3v) is 1.25. The lowest BCUT2D eigenvalue weighted by Gasteiger charge is -2.03. The van der Waals surface area contributed by atoms with E-state index in [1.54, 1.807) is 6.20 Å². The predicted molar refractivity (Wildman–Crippen MR) is 39.1 cm³/mol. The molecule has 0 amide bonds. The molecule has 6 heteroatoms. The Morgan fingerprint density at radius 1 is 1.73 bits per heavy atom. The van der Waals surface area contributed by atoms with Gasteiger partial charge < -0.3 is 19.4 Å². The van der Waals surface area contributed by atoms with Crippen molar-refractivity contribution in [1.82, 2.24) is 9.55 Å². The first-order valence-corrected chi connectivity index (χ1v) is 3.12. The lowest BCUT2D eigenvalue weighted by molar-refractivity contribution is 0.133. The molecule has 5 nitrogen and oxygen atoms in total. The van der Waals surface area contributed by atoms with Crippen molar-refractivity contribution in [2.75, 3.05) is 7.11 Å². The average molecular weight is 156 g/mol. The van der Waals surface area contributed by atoms with Crippen molar-refractivity contribution >= 4 is 12.8 Å². The van der Waals surface area contributed by atoms with Crippen molar-refractivity contribution in [2.24, 2.45) is 0 Å². The van der Waals surface area contributed by atoms with E-state index in [1.807, 2.05) is 0 Å². The van der Waals surface area contributed by atoms with Gasteiger partial charge in [-0.25, -0.2) is 4.98 Å². The molecular formula is C5H9BN2O3. The molecule has 0 unspecified atom stereocenters. The van der Waals surface area contributed by atoms with E-state index >= 15 is 0 Å². The molecule has 0 aliphatic carbocycles. The third kappa shape index (κ3) is 1.80. The highest BCUT2D eigenvalue weighted by molar-refractivity contribution is 6.56. The van der Waals surface area contributed by atoms with E-state index in [9.17, 15) is 0 Å². The fourth-order valence-electron chi connectivity index (χ4n) is 0.804. The van der Waals surface area contributed by atoms with E-state index in [4.69, 9.17) is 14.8 Å². The van der Waals surface area contributed by atoms with Gasteiger partial charge in [-0.1, -0.05) is 0 Å². The van der Waals surface area contributed by atoms with Crippen molar-refractivity contribution in [3.63, 3.8) is 0 Å². The zero-order valence-electron chi connectivity index (χ0n) is 6.14. The summed E-state index contributed by atoms with van der Waals surface area (Å²) in [7, 11) is -0.0202. The molecule has 2 N–H and O–H groups in total. The van der Waals surface area contributed by atoms with Gasteiger partial charge in [-0.2, -0.15) is 0 Å². The molecule has 1 heterocycles. The molecule has 0 fully saturated rings. The van der Waals surface area contributed by atoms with E-state index in [-0.39, 0.29) is 12.5 Å². The summed E-state index contributed by atoms with van der Waals surface area (Å²) in [4.78, 5) is 3.72. The van der Waals surface area contributed by atoms with E-state index in [0.717, 1.165) is 0 Å². The largest absolute Gasteiger partial charge is 0.526 e. The molecule has 1 aromatic heterocycles. The summed E-state index contributed by atoms with van der Waals surface area (Å²) in [6, 6.07) is 0. The van der Waals surface area contributed by atoms with Crippen LogP contribution >= 0.6 is 0 Å². The van der Waals surface area contributed by atoms with Crippen molar-refractivity contribution in [3.05, 3.63) is 12.4 Å². The molecule has 0 saturated heterocycles. The van der Waals surface area contributed by atoms with E-state index in [2.05, 4.69) is 4.98 Å². The maximum Gasteiger partial charge on any atom is 0.526 e. The predicted octanol–water partition coefficient (Wildman–Crippen LogP) is -1.83. The zero-order valence-corrected chi connectivity index (χ0v) is 6.14. The molecule has 0 bridgehead atoms. The number of hydrogen-bond acceptors (Lipinski definition) is 4. The van der Waals surface area contributed by atoms with Gasteiger partial charge in [0.2, 0.25) is 0 Å². The fraction of sp³-hybridized carbons (Fsp3) is 0.400. The van der Waals surface area contributed by atoms with Crippen LogP contribution in [0.1, 0.15) is 0 Å². The molecule has 11 heavy (non-hydrogen) atoms. The fourth-order valence-corrected chi connectivity index (χ4v) is 0.804. The summed E-state index contributed by atoms with van der Waals surface area (Å²) in [5.41, 5.74) is 0.187. The Labute approximate surface area is 64.4 Å². The Morgan fingerprint density at radius 3 is 3.00 bits per heavy atom. The number of nitrogens with zero attached hydrogens (tertiary/aromatic N) is 2. The number of hydrogen-bond donors (Lipinski definition) is 2. The molecular weight excluding hydrogens is 147 g/mol. The summed E-state index contributed by atoms with van der Waals surface area (Å²) in [5, 5.41) is 17.5. The van der Waals surface area contributed by atoms with Crippen molar-refractivity contribution in [2.45, 2.75) is 6.73 Å². The normalized spacial score (nSPS) is 10.1. The molecule has 0 aromatic carbocycles. The number of ether oxygens (including phenoxy) is 1. The van der Waals surface area contributed by atoms with Crippen LogP contribution in [-0.2, 0) is 11.5 Å². The summed E-state index contributed by atoms with van der Waals surface area (Å²) in [6.45, 7) is 0.271. The van der Waals surface area contributed by atoms with Crippen LogP contribution in [0.5, 0.6) is 0 Å². The quantitative estimate of drug-likeness (QED) is 0.505. The smallest absolute Gasteiger partial charge is 0.421 e. The van der Waals surface area contributed by atoms with Gasteiger partial charge >= 0.3 is 7.12 Å². The first-order chi connectivity index (χ1) is 5.25. The summed E-state index contributed by atoms with van der Waals surface area (Å²) >= 11 is 0. The standard InChI is InChI=1S/C5H9BN2O3/c1-11-4-8-3-2-7-5(8)6(9)10/h2-3,9-10H,4H2,1H3. The van der Waals surface area contributed by atoms with Crippen LogP contribution in [0, 0.1) is 0 Å². The first-order valence-electron chi connectivity index (χ1n) is 3.12. The highest BCUT2D eigenvalue weighted by Gasteiger charge is 2.16. The highest BCUT2D eigenvalue weighted by atomic mass is 16.5. The molecule has 1 aromatic rings. The van der Waals surface area contributed by atoms with Crippen LogP contribution in [0.25, 0.3) is 0 Å². The molecule has 0 spiro atoms. The van der Waals surface area contributed by atoms with E-state index in [1.165, 1.54) is 17.9 Å². The van der Waals surface area contributed by atoms with Crippen molar-refractivity contribution in [3.8, 4) is 0 Å². The molecule has 60 valence electrons. The summed E-state index contributed by atoms with van der Waals surface area (Å²) in [5.74, 6) is 0. The van der Waals surface area contributed by atoms with Gasteiger partial charge in [0, 0.05) is 19.5 Å². The zero-order chi connectivity index (χ0) is 8.27. The second-order valence-electron chi connectivity index (χ2n) is 2.05. The maximum absolute atomic E-state index is 8.74. The van der Waals surface area contributed by atoms with Crippen LogP contribution in [-0.4, -0.2) is 33.8 Å².